The highest BCUT2D eigenvalue weighted by Gasteiger charge is 2.22. The highest BCUT2D eigenvalue weighted by atomic mass is 32.1. The average molecular weight is 389 g/mol. The second-order valence-electron chi connectivity index (χ2n) is 6.41. The monoisotopic (exact) mass is 389 g/mol. The van der Waals surface area contributed by atoms with Crippen LogP contribution < -0.4 is 10.1 Å². The van der Waals surface area contributed by atoms with Gasteiger partial charge in [-0.25, -0.2) is 4.79 Å². The van der Waals surface area contributed by atoms with Crippen molar-refractivity contribution < 1.29 is 24.2 Å². The van der Waals surface area contributed by atoms with Crippen molar-refractivity contribution in [3.05, 3.63) is 45.8 Å². The minimum Gasteiger partial charge on any atom is -0.490 e. The van der Waals surface area contributed by atoms with E-state index in [0.717, 1.165) is 23.3 Å². The molecule has 1 aromatic carbocycles. The molecule has 7 heteroatoms. The van der Waals surface area contributed by atoms with E-state index in [2.05, 4.69) is 5.32 Å². The first kappa shape index (κ1) is 19.4. The summed E-state index contributed by atoms with van der Waals surface area (Å²) >= 11 is 1.29. The fourth-order valence-corrected chi connectivity index (χ4v) is 4.30. The maximum absolute atomic E-state index is 12.5. The molecule has 2 heterocycles. The molecule has 1 aromatic heterocycles. The Bertz CT molecular complexity index is 822. The van der Waals surface area contributed by atoms with Crippen LogP contribution in [0.2, 0.25) is 0 Å². The topological polar surface area (TPSA) is 84.9 Å². The van der Waals surface area contributed by atoms with Crippen LogP contribution in [0.25, 0.3) is 0 Å². The molecule has 1 saturated heterocycles. The van der Waals surface area contributed by atoms with Gasteiger partial charge in [0, 0.05) is 23.3 Å². The van der Waals surface area contributed by atoms with Crippen molar-refractivity contribution in [3.63, 3.8) is 0 Å². The van der Waals surface area contributed by atoms with Crippen LogP contribution >= 0.6 is 11.3 Å². The predicted octanol–water partition coefficient (Wildman–Crippen LogP) is 4.13. The van der Waals surface area contributed by atoms with Gasteiger partial charge in [0.15, 0.2) is 0 Å². The standard InChI is InChI=1S/C20H23NO5S/c1-3-16-12(2)27-19(17(16)20(23)24)21-18(22)13-4-6-14(7-5-13)26-15-8-10-25-11-9-15/h4-7,15H,3,8-11H2,1-2H3,(H,21,22)(H,23,24). The zero-order valence-electron chi connectivity index (χ0n) is 15.4. The second kappa shape index (κ2) is 8.54. The first-order valence-electron chi connectivity index (χ1n) is 9.01. The largest absolute Gasteiger partial charge is 0.490 e. The zero-order valence-corrected chi connectivity index (χ0v) is 16.2. The van der Waals surface area contributed by atoms with Crippen LogP contribution in [0.5, 0.6) is 5.75 Å². The summed E-state index contributed by atoms with van der Waals surface area (Å²) in [5.74, 6) is -0.643. The quantitative estimate of drug-likeness (QED) is 0.776. The van der Waals surface area contributed by atoms with Crippen LogP contribution in [0, 0.1) is 6.92 Å². The summed E-state index contributed by atoms with van der Waals surface area (Å²) in [5, 5.41) is 12.6. The van der Waals surface area contributed by atoms with Gasteiger partial charge in [0.25, 0.3) is 5.91 Å². The molecular weight excluding hydrogens is 366 g/mol. The lowest BCUT2D eigenvalue weighted by Crippen LogP contribution is -2.25. The number of anilines is 1. The van der Waals surface area contributed by atoms with E-state index < -0.39 is 5.97 Å². The Hall–Kier alpha value is -2.38. The molecule has 1 aliphatic heterocycles. The van der Waals surface area contributed by atoms with E-state index in [1.807, 2.05) is 13.8 Å². The molecule has 1 aliphatic rings. The van der Waals surface area contributed by atoms with Crippen LogP contribution in [-0.2, 0) is 11.2 Å². The van der Waals surface area contributed by atoms with E-state index in [1.165, 1.54) is 11.3 Å². The molecule has 2 N–H and O–H groups in total. The van der Waals surface area contributed by atoms with E-state index in [4.69, 9.17) is 9.47 Å². The molecule has 0 atom stereocenters. The molecule has 0 unspecified atom stereocenters. The van der Waals surface area contributed by atoms with E-state index in [-0.39, 0.29) is 17.6 Å². The maximum atomic E-state index is 12.5. The van der Waals surface area contributed by atoms with Crippen molar-refractivity contribution >= 4 is 28.2 Å². The fraction of sp³-hybridized carbons (Fsp3) is 0.400. The van der Waals surface area contributed by atoms with Gasteiger partial charge in [-0.15, -0.1) is 11.3 Å². The highest BCUT2D eigenvalue weighted by molar-refractivity contribution is 7.16. The lowest BCUT2D eigenvalue weighted by molar-refractivity contribution is 0.0255. The molecule has 0 spiro atoms. The Balaban J connectivity index is 1.70. The van der Waals surface area contributed by atoms with Crippen LogP contribution in [-0.4, -0.2) is 36.3 Å². The molecule has 1 fully saturated rings. The molecule has 0 saturated carbocycles. The molecule has 1 amide bonds. The number of ether oxygens (including phenoxy) is 2. The van der Waals surface area contributed by atoms with Gasteiger partial charge >= 0.3 is 5.97 Å². The number of carboxylic acid groups (broad SMARTS) is 1. The van der Waals surface area contributed by atoms with Gasteiger partial charge in [0.05, 0.1) is 18.8 Å². The molecule has 2 aromatic rings. The maximum Gasteiger partial charge on any atom is 0.339 e. The third kappa shape index (κ3) is 4.48. The number of amides is 1. The van der Waals surface area contributed by atoms with E-state index >= 15 is 0 Å². The number of thiophene rings is 1. The lowest BCUT2D eigenvalue weighted by Gasteiger charge is -2.23. The van der Waals surface area contributed by atoms with Gasteiger partial charge in [-0.05, 0) is 43.2 Å². The van der Waals surface area contributed by atoms with Crippen LogP contribution in [0.3, 0.4) is 0 Å². The van der Waals surface area contributed by atoms with E-state index in [0.29, 0.717) is 35.9 Å². The van der Waals surface area contributed by atoms with Crippen molar-refractivity contribution in [2.24, 2.45) is 0 Å². The first-order valence-corrected chi connectivity index (χ1v) is 9.82. The van der Waals surface area contributed by atoms with Gasteiger partial charge < -0.3 is 19.9 Å². The van der Waals surface area contributed by atoms with Gasteiger partial charge in [-0.1, -0.05) is 6.92 Å². The van der Waals surface area contributed by atoms with Crippen LogP contribution in [0.15, 0.2) is 24.3 Å². The minimum absolute atomic E-state index is 0.137. The summed E-state index contributed by atoms with van der Waals surface area (Å²) in [4.78, 5) is 25.0. The molecule has 0 aliphatic carbocycles. The number of carbonyl (C=O) groups is 2. The highest BCUT2D eigenvalue weighted by Crippen LogP contribution is 2.33. The molecular formula is C20H23NO5S. The molecule has 0 radical (unpaired) electrons. The SMILES string of the molecule is CCc1c(C)sc(NC(=O)c2ccc(OC3CCOCC3)cc2)c1C(=O)O. The molecule has 0 bridgehead atoms. The number of hydrogen-bond acceptors (Lipinski definition) is 5. The summed E-state index contributed by atoms with van der Waals surface area (Å²) in [6.45, 7) is 5.19. The summed E-state index contributed by atoms with van der Waals surface area (Å²) in [6.07, 6.45) is 2.46. The smallest absolute Gasteiger partial charge is 0.339 e. The third-order valence-electron chi connectivity index (χ3n) is 4.59. The predicted molar refractivity (Wildman–Crippen MR) is 104 cm³/mol. The van der Waals surface area contributed by atoms with E-state index in [9.17, 15) is 14.7 Å². The normalized spacial score (nSPS) is 14.7. The molecule has 6 nitrogen and oxygen atoms in total. The number of aromatic carboxylic acids is 1. The summed E-state index contributed by atoms with van der Waals surface area (Å²) in [7, 11) is 0. The minimum atomic E-state index is -1.02. The molecule has 27 heavy (non-hydrogen) atoms. The third-order valence-corrected chi connectivity index (χ3v) is 5.65. The van der Waals surface area contributed by atoms with E-state index in [1.54, 1.807) is 24.3 Å². The Kier molecular flexibility index (Phi) is 6.13. The Labute approximate surface area is 162 Å². The number of nitrogens with one attached hydrogen (secondary N) is 1. The first-order chi connectivity index (χ1) is 13.0. The lowest BCUT2D eigenvalue weighted by atomic mass is 10.1. The molecule has 3 rings (SSSR count). The summed E-state index contributed by atoms with van der Waals surface area (Å²) in [6, 6.07) is 6.90. The number of hydrogen-bond donors (Lipinski definition) is 2. The number of benzene rings is 1. The summed E-state index contributed by atoms with van der Waals surface area (Å²) < 4.78 is 11.2. The van der Waals surface area contributed by atoms with Gasteiger partial charge in [0.2, 0.25) is 0 Å². The Morgan fingerprint density at radius 2 is 1.93 bits per heavy atom. The number of aryl methyl sites for hydroxylation is 1. The Morgan fingerprint density at radius 3 is 2.52 bits per heavy atom. The zero-order chi connectivity index (χ0) is 19.4. The molecule has 144 valence electrons. The Morgan fingerprint density at radius 1 is 1.26 bits per heavy atom. The summed E-state index contributed by atoms with van der Waals surface area (Å²) in [5.41, 5.74) is 1.41. The number of carbonyl (C=O) groups excluding carboxylic acids is 1. The van der Waals surface area contributed by atoms with Crippen molar-refractivity contribution in [1.82, 2.24) is 0 Å². The second-order valence-corrected chi connectivity index (χ2v) is 7.63. The van der Waals surface area contributed by atoms with Crippen molar-refractivity contribution in [1.29, 1.82) is 0 Å². The average Bonchev–Trinajstić information content (AvgIpc) is 2.98. The number of carboxylic acids is 1. The van der Waals surface area contributed by atoms with Crippen LogP contribution in [0.4, 0.5) is 5.00 Å². The van der Waals surface area contributed by atoms with Gasteiger partial charge in [-0.2, -0.15) is 0 Å². The van der Waals surface area contributed by atoms with Gasteiger partial charge in [0.1, 0.15) is 16.9 Å². The van der Waals surface area contributed by atoms with Crippen molar-refractivity contribution in [2.75, 3.05) is 18.5 Å². The fourth-order valence-electron chi connectivity index (χ4n) is 3.17. The van der Waals surface area contributed by atoms with Crippen molar-refractivity contribution in [2.45, 2.75) is 39.2 Å². The number of rotatable bonds is 6. The van der Waals surface area contributed by atoms with Crippen LogP contribution in [0.1, 0.15) is 50.9 Å². The van der Waals surface area contributed by atoms with Crippen molar-refractivity contribution in [3.8, 4) is 5.75 Å². The van der Waals surface area contributed by atoms with Gasteiger partial charge in [-0.3, -0.25) is 4.79 Å².